The first-order chi connectivity index (χ1) is 8.46. The zero-order valence-corrected chi connectivity index (χ0v) is 12.0. The monoisotopic (exact) mass is 271 g/mol. The predicted molar refractivity (Wildman–Crippen MR) is 73.7 cm³/mol. The van der Waals surface area contributed by atoms with Crippen molar-refractivity contribution in [1.29, 1.82) is 0 Å². The minimum atomic E-state index is -3.01. The van der Waals surface area contributed by atoms with Gasteiger partial charge in [0.25, 0.3) is 0 Å². The Kier molecular flexibility index (Phi) is 5.62. The zero-order valence-electron chi connectivity index (χ0n) is 11.1. The van der Waals surface area contributed by atoms with Gasteiger partial charge in [-0.05, 0) is 31.2 Å². The molecule has 102 valence electrons. The summed E-state index contributed by atoms with van der Waals surface area (Å²) < 4.78 is 28.2. The lowest BCUT2D eigenvalue weighted by atomic mass is 10.1. The average Bonchev–Trinajstić information content (AvgIpc) is 2.28. The van der Waals surface area contributed by atoms with Crippen LogP contribution in [0.5, 0.6) is 5.75 Å². The number of sulfone groups is 1. The number of nitrogens with one attached hydrogen (secondary N) is 1. The van der Waals surface area contributed by atoms with E-state index in [0.717, 1.165) is 17.9 Å². The molecule has 0 fully saturated rings. The quantitative estimate of drug-likeness (QED) is 0.821. The molecule has 0 aliphatic carbocycles. The summed E-state index contributed by atoms with van der Waals surface area (Å²) in [5.41, 5.74) is 0.964. The molecule has 1 rings (SSSR count). The van der Waals surface area contributed by atoms with Crippen molar-refractivity contribution in [3.05, 3.63) is 29.8 Å². The Morgan fingerprint density at radius 1 is 1.22 bits per heavy atom. The molecule has 18 heavy (non-hydrogen) atoms. The predicted octanol–water partition coefficient (Wildman–Crippen LogP) is 1.78. The smallest absolute Gasteiger partial charge is 0.149 e. The topological polar surface area (TPSA) is 55.4 Å². The van der Waals surface area contributed by atoms with E-state index in [4.69, 9.17) is 4.74 Å². The van der Waals surface area contributed by atoms with Gasteiger partial charge in [0.15, 0.2) is 0 Å². The van der Waals surface area contributed by atoms with Gasteiger partial charge in [0.2, 0.25) is 0 Å². The Morgan fingerprint density at radius 3 is 2.28 bits per heavy atom. The Bertz CT molecular complexity index is 454. The van der Waals surface area contributed by atoms with Crippen LogP contribution in [0.15, 0.2) is 24.3 Å². The van der Waals surface area contributed by atoms with Gasteiger partial charge in [-0.2, -0.15) is 0 Å². The Balaban J connectivity index is 2.85. The van der Waals surface area contributed by atoms with Gasteiger partial charge >= 0.3 is 0 Å². The summed E-state index contributed by atoms with van der Waals surface area (Å²) in [6.45, 7) is 5.25. The van der Waals surface area contributed by atoms with Gasteiger partial charge in [0.1, 0.15) is 15.6 Å². The third-order valence-electron chi connectivity index (χ3n) is 2.51. The minimum absolute atomic E-state index is 0.106. The highest BCUT2D eigenvalue weighted by atomic mass is 32.2. The largest absolute Gasteiger partial charge is 0.494 e. The number of hydrogen-bond acceptors (Lipinski definition) is 4. The molecular weight excluding hydrogens is 250 g/mol. The summed E-state index contributed by atoms with van der Waals surface area (Å²) in [4.78, 5) is 0. The fourth-order valence-corrected chi connectivity index (χ4v) is 2.70. The van der Waals surface area contributed by atoms with E-state index in [9.17, 15) is 8.42 Å². The van der Waals surface area contributed by atoms with Gasteiger partial charge in [-0.15, -0.1) is 0 Å². The van der Waals surface area contributed by atoms with Crippen molar-refractivity contribution in [3.63, 3.8) is 0 Å². The molecule has 0 spiro atoms. The maximum Gasteiger partial charge on any atom is 0.149 e. The van der Waals surface area contributed by atoms with E-state index in [1.807, 2.05) is 38.1 Å². The van der Waals surface area contributed by atoms with Gasteiger partial charge < -0.3 is 10.1 Å². The number of rotatable bonds is 7. The summed E-state index contributed by atoms with van der Waals surface area (Å²) in [5, 5.41) is 3.19. The van der Waals surface area contributed by atoms with Gasteiger partial charge in [-0.1, -0.05) is 19.1 Å². The van der Waals surface area contributed by atoms with Crippen LogP contribution < -0.4 is 10.1 Å². The SMILES string of the molecule is CCNC(CS(C)(=O)=O)c1ccc(OCC)cc1. The first-order valence-electron chi connectivity index (χ1n) is 6.10. The van der Waals surface area contributed by atoms with Gasteiger partial charge in [-0.25, -0.2) is 8.42 Å². The van der Waals surface area contributed by atoms with Crippen molar-refractivity contribution in [2.75, 3.05) is 25.2 Å². The standard InChI is InChI=1S/C13H21NO3S/c1-4-14-13(10-18(3,15)16)11-6-8-12(9-7-11)17-5-2/h6-9,13-14H,4-5,10H2,1-3H3. The summed E-state index contributed by atoms with van der Waals surface area (Å²) >= 11 is 0. The van der Waals surface area contributed by atoms with Crippen LogP contribution in [0.3, 0.4) is 0 Å². The van der Waals surface area contributed by atoms with E-state index in [-0.39, 0.29) is 11.8 Å². The van der Waals surface area contributed by atoms with Crippen LogP contribution in [0.1, 0.15) is 25.5 Å². The van der Waals surface area contributed by atoms with Crippen LogP contribution in [0.25, 0.3) is 0 Å². The second-order valence-corrected chi connectivity index (χ2v) is 6.39. The van der Waals surface area contributed by atoms with Crippen LogP contribution >= 0.6 is 0 Å². The molecule has 0 aromatic heterocycles. The Labute approximate surface area is 109 Å². The van der Waals surface area contributed by atoms with Crippen molar-refractivity contribution in [2.24, 2.45) is 0 Å². The Hall–Kier alpha value is -1.07. The summed E-state index contributed by atoms with van der Waals surface area (Å²) in [6.07, 6.45) is 1.26. The molecule has 0 saturated carbocycles. The molecule has 1 unspecified atom stereocenters. The molecule has 0 amide bonds. The van der Waals surface area contributed by atoms with Crippen LogP contribution in [0.4, 0.5) is 0 Å². The molecule has 0 heterocycles. The summed E-state index contributed by atoms with van der Waals surface area (Å²) in [5.74, 6) is 0.908. The van der Waals surface area contributed by atoms with E-state index in [2.05, 4.69) is 5.32 Å². The molecule has 0 aliphatic heterocycles. The number of hydrogen-bond donors (Lipinski definition) is 1. The molecule has 0 bridgehead atoms. The van der Waals surface area contributed by atoms with Crippen LogP contribution in [-0.4, -0.2) is 33.6 Å². The van der Waals surface area contributed by atoms with E-state index in [1.54, 1.807) is 0 Å². The first kappa shape index (κ1) is 15.0. The van der Waals surface area contributed by atoms with Gasteiger partial charge in [0.05, 0.1) is 12.4 Å². The lowest BCUT2D eigenvalue weighted by Crippen LogP contribution is -2.27. The molecule has 1 aromatic rings. The van der Waals surface area contributed by atoms with Gasteiger partial charge in [-0.3, -0.25) is 0 Å². The molecule has 4 nitrogen and oxygen atoms in total. The van der Waals surface area contributed by atoms with Crippen molar-refractivity contribution in [3.8, 4) is 5.75 Å². The fraction of sp³-hybridized carbons (Fsp3) is 0.538. The summed E-state index contributed by atoms with van der Waals surface area (Å²) in [7, 11) is -3.01. The van der Waals surface area contributed by atoms with E-state index < -0.39 is 9.84 Å². The zero-order chi connectivity index (χ0) is 13.6. The van der Waals surface area contributed by atoms with Crippen LogP contribution in [0, 0.1) is 0 Å². The highest BCUT2D eigenvalue weighted by molar-refractivity contribution is 7.90. The molecule has 0 radical (unpaired) electrons. The highest BCUT2D eigenvalue weighted by Crippen LogP contribution is 2.19. The Morgan fingerprint density at radius 2 is 1.83 bits per heavy atom. The highest BCUT2D eigenvalue weighted by Gasteiger charge is 2.16. The second kappa shape index (κ2) is 6.75. The molecule has 0 aliphatic rings. The third-order valence-corrected chi connectivity index (χ3v) is 3.45. The minimum Gasteiger partial charge on any atom is -0.494 e. The van der Waals surface area contributed by atoms with Crippen molar-refractivity contribution in [1.82, 2.24) is 5.32 Å². The number of benzene rings is 1. The molecule has 5 heteroatoms. The van der Waals surface area contributed by atoms with E-state index in [0.29, 0.717) is 6.61 Å². The average molecular weight is 271 g/mol. The van der Waals surface area contributed by atoms with Crippen molar-refractivity contribution < 1.29 is 13.2 Å². The summed E-state index contributed by atoms with van der Waals surface area (Å²) in [6, 6.07) is 7.38. The maximum atomic E-state index is 11.4. The van der Waals surface area contributed by atoms with Crippen LogP contribution in [0.2, 0.25) is 0 Å². The van der Waals surface area contributed by atoms with E-state index in [1.165, 1.54) is 6.26 Å². The third kappa shape index (κ3) is 5.06. The molecular formula is C13H21NO3S. The lowest BCUT2D eigenvalue weighted by molar-refractivity contribution is 0.340. The molecule has 0 saturated heterocycles. The van der Waals surface area contributed by atoms with Gasteiger partial charge in [0, 0.05) is 12.3 Å². The van der Waals surface area contributed by atoms with Crippen LogP contribution in [-0.2, 0) is 9.84 Å². The normalized spacial score (nSPS) is 13.3. The fourth-order valence-electron chi connectivity index (χ4n) is 1.79. The first-order valence-corrected chi connectivity index (χ1v) is 8.16. The van der Waals surface area contributed by atoms with Crippen molar-refractivity contribution in [2.45, 2.75) is 19.9 Å². The lowest BCUT2D eigenvalue weighted by Gasteiger charge is -2.17. The molecule has 1 N–H and O–H groups in total. The number of ether oxygens (including phenoxy) is 1. The molecule has 1 atom stereocenters. The second-order valence-electron chi connectivity index (χ2n) is 4.20. The van der Waals surface area contributed by atoms with E-state index >= 15 is 0 Å². The maximum absolute atomic E-state index is 11.4. The molecule has 1 aromatic carbocycles. The van der Waals surface area contributed by atoms with Crippen molar-refractivity contribution >= 4 is 9.84 Å².